The minimum Gasteiger partial charge on any atom is -0.497 e. The van der Waals surface area contributed by atoms with Crippen LogP contribution in [0, 0.1) is 0 Å². The maximum absolute atomic E-state index is 12.7. The smallest absolute Gasteiger partial charge is 0.225 e. The van der Waals surface area contributed by atoms with Crippen LogP contribution in [0.25, 0.3) is 0 Å². The normalized spacial score (nSPS) is 15.0. The molecule has 0 aromatic heterocycles. The third kappa shape index (κ3) is 4.95. The van der Waals surface area contributed by atoms with Crippen molar-refractivity contribution in [3.05, 3.63) is 48.0 Å². The van der Waals surface area contributed by atoms with Crippen molar-refractivity contribution < 1.29 is 19.0 Å². The van der Waals surface area contributed by atoms with Crippen LogP contribution >= 0.6 is 0 Å². The summed E-state index contributed by atoms with van der Waals surface area (Å²) >= 11 is 0. The molecule has 1 amide bonds. The SMILES string of the molecule is COc1ccc(C(C)CC(=O)Nc2cc(N3CCOCC3)ccc2OC)cc1. The van der Waals surface area contributed by atoms with Gasteiger partial charge in [-0.25, -0.2) is 0 Å². The highest BCUT2D eigenvalue weighted by Gasteiger charge is 2.16. The summed E-state index contributed by atoms with van der Waals surface area (Å²) < 4.78 is 16.0. The van der Waals surface area contributed by atoms with Crippen LogP contribution in [0.1, 0.15) is 24.8 Å². The van der Waals surface area contributed by atoms with E-state index in [0.29, 0.717) is 31.1 Å². The second kappa shape index (κ2) is 9.46. The van der Waals surface area contributed by atoms with Gasteiger partial charge in [0.1, 0.15) is 11.5 Å². The van der Waals surface area contributed by atoms with E-state index in [2.05, 4.69) is 10.2 Å². The van der Waals surface area contributed by atoms with Crippen LogP contribution in [0.3, 0.4) is 0 Å². The Balaban J connectivity index is 1.67. The summed E-state index contributed by atoms with van der Waals surface area (Å²) in [5.41, 5.74) is 2.85. The molecule has 0 radical (unpaired) electrons. The van der Waals surface area contributed by atoms with Crippen molar-refractivity contribution in [2.45, 2.75) is 19.3 Å². The van der Waals surface area contributed by atoms with Gasteiger partial charge in [0.25, 0.3) is 0 Å². The number of rotatable bonds is 7. The molecule has 1 aliphatic heterocycles. The second-order valence-electron chi connectivity index (χ2n) is 6.91. The van der Waals surface area contributed by atoms with Gasteiger partial charge in [-0.2, -0.15) is 0 Å². The molecule has 2 aromatic carbocycles. The molecule has 1 atom stereocenters. The van der Waals surface area contributed by atoms with Gasteiger partial charge in [-0.15, -0.1) is 0 Å². The summed E-state index contributed by atoms with van der Waals surface area (Å²) in [6.45, 7) is 5.16. The van der Waals surface area contributed by atoms with Crippen LogP contribution in [0.5, 0.6) is 11.5 Å². The lowest BCUT2D eigenvalue weighted by molar-refractivity contribution is -0.116. The third-order valence-electron chi connectivity index (χ3n) is 5.01. The summed E-state index contributed by atoms with van der Waals surface area (Å²) in [5.74, 6) is 1.52. The molecule has 1 heterocycles. The quantitative estimate of drug-likeness (QED) is 0.789. The molecule has 150 valence electrons. The number of ether oxygens (including phenoxy) is 3. The number of benzene rings is 2. The van der Waals surface area contributed by atoms with Crippen LogP contribution in [0.2, 0.25) is 0 Å². The monoisotopic (exact) mass is 384 g/mol. The average molecular weight is 384 g/mol. The average Bonchev–Trinajstić information content (AvgIpc) is 2.74. The molecule has 1 saturated heterocycles. The summed E-state index contributed by atoms with van der Waals surface area (Å²) in [6, 6.07) is 13.7. The predicted octanol–water partition coefficient (Wildman–Crippen LogP) is 3.67. The van der Waals surface area contributed by atoms with Crippen LogP contribution in [0.15, 0.2) is 42.5 Å². The Morgan fingerprint density at radius 1 is 1.11 bits per heavy atom. The van der Waals surface area contributed by atoms with Gasteiger partial charge in [-0.1, -0.05) is 19.1 Å². The van der Waals surface area contributed by atoms with E-state index in [9.17, 15) is 4.79 Å². The first-order valence-electron chi connectivity index (χ1n) is 9.55. The zero-order chi connectivity index (χ0) is 19.9. The fourth-order valence-electron chi connectivity index (χ4n) is 3.34. The van der Waals surface area contributed by atoms with Crippen molar-refractivity contribution in [2.24, 2.45) is 0 Å². The van der Waals surface area contributed by atoms with Crippen LogP contribution < -0.4 is 19.7 Å². The number of anilines is 2. The molecule has 1 fully saturated rings. The number of carbonyl (C=O) groups excluding carboxylic acids is 1. The van der Waals surface area contributed by atoms with Gasteiger partial charge in [0, 0.05) is 25.2 Å². The molecule has 1 aliphatic rings. The Morgan fingerprint density at radius 2 is 1.82 bits per heavy atom. The van der Waals surface area contributed by atoms with Crippen molar-refractivity contribution in [1.82, 2.24) is 0 Å². The lowest BCUT2D eigenvalue weighted by Crippen LogP contribution is -2.36. The van der Waals surface area contributed by atoms with Crippen molar-refractivity contribution in [1.29, 1.82) is 0 Å². The first-order chi connectivity index (χ1) is 13.6. The van der Waals surface area contributed by atoms with Gasteiger partial charge >= 0.3 is 0 Å². The van der Waals surface area contributed by atoms with E-state index in [1.807, 2.05) is 49.4 Å². The van der Waals surface area contributed by atoms with Gasteiger partial charge in [0.15, 0.2) is 0 Å². The number of hydrogen-bond donors (Lipinski definition) is 1. The Morgan fingerprint density at radius 3 is 2.46 bits per heavy atom. The fourth-order valence-corrected chi connectivity index (χ4v) is 3.34. The van der Waals surface area contributed by atoms with E-state index in [-0.39, 0.29) is 11.8 Å². The number of carbonyl (C=O) groups is 1. The van der Waals surface area contributed by atoms with Gasteiger partial charge in [-0.05, 0) is 41.8 Å². The van der Waals surface area contributed by atoms with E-state index in [4.69, 9.17) is 14.2 Å². The Kier molecular flexibility index (Phi) is 6.76. The van der Waals surface area contributed by atoms with Crippen LogP contribution in [-0.2, 0) is 9.53 Å². The molecular weight excluding hydrogens is 356 g/mol. The molecule has 6 nitrogen and oxygen atoms in total. The maximum Gasteiger partial charge on any atom is 0.225 e. The summed E-state index contributed by atoms with van der Waals surface area (Å²) in [7, 11) is 3.25. The standard InChI is InChI=1S/C22H28N2O4/c1-16(17-4-7-19(26-2)8-5-17)14-22(25)23-20-15-18(6-9-21(20)27-3)24-10-12-28-13-11-24/h4-9,15-16H,10-14H2,1-3H3,(H,23,25). The molecule has 28 heavy (non-hydrogen) atoms. The number of nitrogens with one attached hydrogen (secondary N) is 1. The van der Waals surface area contributed by atoms with Crippen molar-refractivity contribution in [3.8, 4) is 11.5 Å². The van der Waals surface area contributed by atoms with Gasteiger partial charge in [0.05, 0.1) is 33.1 Å². The molecule has 1 N–H and O–H groups in total. The van der Waals surface area contributed by atoms with Crippen molar-refractivity contribution in [3.63, 3.8) is 0 Å². The fraction of sp³-hybridized carbons (Fsp3) is 0.409. The highest BCUT2D eigenvalue weighted by molar-refractivity contribution is 5.93. The van der Waals surface area contributed by atoms with E-state index < -0.39 is 0 Å². The Bertz CT molecular complexity index is 786. The molecule has 2 aromatic rings. The van der Waals surface area contributed by atoms with Gasteiger partial charge in [-0.3, -0.25) is 4.79 Å². The molecule has 0 saturated carbocycles. The molecule has 3 rings (SSSR count). The van der Waals surface area contributed by atoms with E-state index in [1.165, 1.54) is 0 Å². The number of methoxy groups -OCH3 is 2. The molecule has 0 bridgehead atoms. The summed E-state index contributed by atoms with van der Waals surface area (Å²) in [6.07, 6.45) is 0.386. The number of amides is 1. The molecule has 0 aliphatic carbocycles. The van der Waals surface area contributed by atoms with Crippen molar-refractivity contribution in [2.75, 3.05) is 50.7 Å². The molecule has 6 heteroatoms. The zero-order valence-corrected chi connectivity index (χ0v) is 16.7. The molecular formula is C22H28N2O4. The Hall–Kier alpha value is -2.73. The number of hydrogen-bond acceptors (Lipinski definition) is 5. The minimum absolute atomic E-state index is 0.0410. The lowest BCUT2D eigenvalue weighted by Gasteiger charge is -2.29. The predicted molar refractivity (Wildman–Crippen MR) is 111 cm³/mol. The van der Waals surface area contributed by atoms with E-state index >= 15 is 0 Å². The summed E-state index contributed by atoms with van der Waals surface area (Å²) in [4.78, 5) is 14.9. The highest BCUT2D eigenvalue weighted by Crippen LogP contribution is 2.31. The molecule has 1 unspecified atom stereocenters. The van der Waals surface area contributed by atoms with Crippen LogP contribution in [0.4, 0.5) is 11.4 Å². The topological polar surface area (TPSA) is 60.0 Å². The first kappa shape index (κ1) is 20.0. The molecule has 0 spiro atoms. The van der Waals surface area contributed by atoms with E-state index in [0.717, 1.165) is 30.1 Å². The zero-order valence-electron chi connectivity index (χ0n) is 16.7. The number of nitrogens with zero attached hydrogens (tertiary/aromatic N) is 1. The minimum atomic E-state index is -0.0410. The lowest BCUT2D eigenvalue weighted by atomic mass is 9.97. The number of morpholine rings is 1. The van der Waals surface area contributed by atoms with Crippen LogP contribution in [-0.4, -0.2) is 46.4 Å². The summed E-state index contributed by atoms with van der Waals surface area (Å²) in [5, 5.41) is 3.02. The first-order valence-corrected chi connectivity index (χ1v) is 9.55. The Labute approximate surface area is 166 Å². The van der Waals surface area contributed by atoms with E-state index in [1.54, 1.807) is 14.2 Å². The van der Waals surface area contributed by atoms with Gasteiger partial charge < -0.3 is 24.4 Å². The maximum atomic E-state index is 12.7. The second-order valence-corrected chi connectivity index (χ2v) is 6.91. The third-order valence-corrected chi connectivity index (χ3v) is 5.01. The van der Waals surface area contributed by atoms with Crippen molar-refractivity contribution >= 4 is 17.3 Å². The van der Waals surface area contributed by atoms with Gasteiger partial charge in [0.2, 0.25) is 5.91 Å². The largest absolute Gasteiger partial charge is 0.497 e. The highest BCUT2D eigenvalue weighted by atomic mass is 16.5.